The lowest BCUT2D eigenvalue weighted by Crippen LogP contribution is -2.54. The van der Waals surface area contributed by atoms with Gasteiger partial charge in [-0.15, -0.1) is 0 Å². The van der Waals surface area contributed by atoms with Crippen LogP contribution in [0.5, 0.6) is 5.75 Å². The molecule has 1 N–H and O–H groups in total. The average molecular weight is 363 g/mol. The molecule has 2 fully saturated rings. The smallest absolute Gasteiger partial charge is 0.245 e. The number of methoxy groups -OCH3 is 1. The molecule has 2 aliphatic heterocycles. The SMILES string of the molecule is COc1ccc(F)cc1CC(=O)N1CCN(C(=O)C2CCC(=O)N2)CC1. The molecule has 0 bridgehead atoms. The van der Waals surface area contributed by atoms with E-state index in [9.17, 15) is 18.8 Å². The fraction of sp³-hybridized carbons (Fsp3) is 0.500. The molecule has 26 heavy (non-hydrogen) atoms. The molecule has 2 aliphatic rings. The Hall–Kier alpha value is -2.64. The van der Waals surface area contributed by atoms with Crippen LogP contribution in [-0.4, -0.2) is 66.9 Å². The van der Waals surface area contributed by atoms with E-state index in [4.69, 9.17) is 4.74 Å². The summed E-state index contributed by atoms with van der Waals surface area (Å²) in [6.07, 6.45) is 0.952. The van der Waals surface area contributed by atoms with Gasteiger partial charge in [0.05, 0.1) is 13.5 Å². The summed E-state index contributed by atoms with van der Waals surface area (Å²) in [6, 6.07) is 3.66. The van der Waals surface area contributed by atoms with Gasteiger partial charge in [-0.05, 0) is 24.6 Å². The third-order valence-corrected chi connectivity index (χ3v) is 4.82. The molecule has 7 nitrogen and oxygen atoms in total. The highest BCUT2D eigenvalue weighted by Gasteiger charge is 2.33. The molecule has 3 rings (SSSR count). The molecular formula is C18H22FN3O4. The van der Waals surface area contributed by atoms with Crippen LogP contribution in [0.2, 0.25) is 0 Å². The second kappa shape index (κ2) is 7.72. The van der Waals surface area contributed by atoms with Crippen molar-refractivity contribution in [2.75, 3.05) is 33.3 Å². The van der Waals surface area contributed by atoms with Gasteiger partial charge in [0.25, 0.3) is 0 Å². The van der Waals surface area contributed by atoms with E-state index < -0.39 is 11.9 Å². The zero-order valence-corrected chi connectivity index (χ0v) is 14.7. The first-order valence-electron chi connectivity index (χ1n) is 8.66. The molecule has 1 atom stereocenters. The number of carbonyl (C=O) groups is 3. The lowest BCUT2D eigenvalue weighted by atomic mass is 10.1. The molecule has 0 radical (unpaired) electrons. The number of ether oxygens (including phenoxy) is 1. The van der Waals surface area contributed by atoms with Crippen molar-refractivity contribution in [2.45, 2.75) is 25.3 Å². The van der Waals surface area contributed by atoms with E-state index in [1.54, 1.807) is 9.80 Å². The number of piperazine rings is 1. The highest BCUT2D eigenvalue weighted by molar-refractivity contribution is 5.91. The summed E-state index contributed by atoms with van der Waals surface area (Å²) in [5.74, 6) is -0.251. The van der Waals surface area contributed by atoms with Crippen molar-refractivity contribution in [1.82, 2.24) is 15.1 Å². The Labute approximate surface area is 151 Å². The Morgan fingerprint density at radius 3 is 2.54 bits per heavy atom. The Bertz CT molecular complexity index is 716. The van der Waals surface area contributed by atoms with Gasteiger partial charge in [0, 0.05) is 38.2 Å². The van der Waals surface area contributed by atoms with Crippen molar-refractivity contribution >= 4 is 17.7 Å². The van der Waals surface area contributed by atoms with E-state index in [1.807, 2.05) is 0 Å². The van der Waals surface area contributed by atoms with Gasteiger partial charge in [-0.25, -0.2) is 4.39 Å². The number of nitrogens with one attached hydrogen (secondary N) is 1. The fourth-order valence-corrected chi connectivity index (χ4v) is 3.36. The van der Waals surface area contributed by atoms with Crippen LogP contribution in [0.1, 0.15) is 18.4 Å². The van der Waals surface area contributed by atoms with Crippen LogP contribution in [0.25, 0.3) is 0 Å². The first kappa shape index (κ1) is 18.2. The van der Waals surface area contributed by atoms with E-state index in [1.165, 1.54) is 25.3 Å². The van der Waals surface area contributed by atoms with Crippen LogP contribution in [0.3, 0.4) is 0 Å². The normalized spacial score (nSPS) is 20.1. The van der Waals surface area contributed by atoms with Gasteiger partial charge in [-0.1, -0.05) is 0 Å². The molecule has 2 heterocycles. The lowest BCUT2D eigenvalue weighted by Gasteiger charge is -2.36. The van der Waals surface area contributed by atoms with Crippen LogP contribution in [0.4, 0.5) is 4.39 Å². The minimum absolute atomic E-state index is 0.0492. The quantitative estimate of drug-likeness (QED) is 0.836. The van der Waals surface area contributed by atoms with E-state index in [2.05, 4.69) is 5.32 Å². The zero-order chi connectivity index (χ0) is 18.7. The van der Waals surface area contributed by atoms with Gasteiger partial charge in [0.15, 0.2) is 0 Å². The molecular weight excluding hydrogens is 341 g/mol. The standard InChI is InChI=1S/C18H22FN3O4/c1-26-15-4-2-13(19)10-12(15)11-17(24)21-6-8-22(9-7-21)18(25)14-3-5-16(23)20-14/h2,4,10,14H,3,5-9,11H2,1H3,(H,20,23). The number of benzene rings is 1. The van der Waals surface area contributed by atoms with Crippen LogP contribution in [-0.2, 0) is 20.8 Å². The number of nitrogens with zero attached hydrogens (tertiary/aromatic N) is 2. The maximum atomic E-state index is 13.4. The Kier molecular flexibility index (Phi) is 5.39. The molecule has 8 heteroatoms. The summed E-state index contributed by atoms with van der Waals surface area (Å²) in [5, 5.41) is 2.68. The van der Waals surface area contributed by atoms with Crippen molar-refractivity contribution in [3.63, 3.8) is 0 Å². The number of carbonyl (C=O) groups excluding carboxylic acids is 3. The third kappa shape index (κ3) is 3.95. The predicted octanol–water partition coefficient (Wildman–Crippen LogP) is 0.326. The van der Waals surface area contributed by atoms with E-state index >= 15 is 0 Å². The van der Waals surface area contributed by atoms with Crippen LogP contribution in [0.15, 0.2) is 18.2 Å². The van der Waals surface area contributed by atoms with Crippen molar-refractivity contribution in [3.8, 4) is 5.75 Å². The molecule has 2 saturated heterocycles. The zero-order valence-electron chi connectivity index (χ0n) is 14.7. The highest BCUT2D eigenvalue weighted by Crippen LogP contribution is 2.21. The minimum atomic E-state index is -0.443. The van der Waals surface area contributed by atoms with E-state index in [0.29, 0.717) is 50.3 Å². The predicted molar refractivity (Wildman–Crippen MR) is 91.0 cm³/mol. The summed E-state index contributed by atoms with van der Waals surface area (Å²) >= 11 is 0. The maximum absolute atomic E-state index is 13.4. The molecule has 0 spiro atoms. The molecule has 140 valence electrons. The summed E-state index contributed by atoms with van der Waals surface area (Å²) in [6.45, 7) is 1.69. The number of rotatable bonds is 4. The molecule has 0 aromatic heterocycles. The third-order valence-electron chi connectivity index (χ3n) is 4.82. The maximum Gasteiger partial charge on any atom is 0.245 e. The Morgan fingerprint density at radius 2 is 1.92 bits per heavy atom. The second-order valence-electron chi connectivity index (χ2n) is 6.50. The molecule has 1 unspecified atom stereocenters. The van der Waals surface area contributed by atoms with Crippen LogP contribution in [0, 0.1) is 5.82 Å². The number of amides is 3. The topological polar surface area (TPSA) is 79.0 Å². The Balaban J connectivity index is 1.55. The van der Waals surface area contributed by atoms with Gasteiger partial charge in [-0.3, -0.25) is 14.4 Å². The first-order valence-corrected chi connectivity index (χ1v) is 8.66. The first-order chi connectivity index (χ1) is 12.5. The monoisotopic (exact) mass is 363 g/mol. The molecule has 1 aromatic carbocycles. The Morgan fingerprint density at radius 1 is 1.23 bits per heavy atom. The van der Waals surface area contributed by atoms with Crippen LogP contribution >= 0.6 is 0 Å². The summed E-state index contributed by atoms with van der Waals surface area (Å²) in [7, 11) is 1.48. The van der Waals surface area contributed by atoms with Gasteiger partial charge in [0.2, 0.25) is 17.7 Å². The van der Waals surface area contributed by atoms with Gasteiger partial charge in [-0.2, -0.15) is 0 Å². The largest absolute Gasteiger partial charge is 0.496 e. The van der Waals surface area contributed by atoms with Crippen molar-refractivity contribution < 1.29 is 23.5 Å². The number of halogens is 1. The van der Waals surface area contributed by atoms with E-state index in [-0.39, 0.29) is 24.1 Å². The lowest BCUT2D eigenvalue weighted by molar-refractivity contribution is -0.140. The molecule has 0 saturated carbocycles. The molecule has 0 aliphatic carbocycles. The van der Waals surface area contributed by atoms with E-state index in [0.717, 1.165) is 0 Å². The average Bonchev–Trinajstić information content (AvgIpc) is 3.08. The van der Waals surface area contributed by atoms with Crippen LogP contribution < -0.4 is 10.1 Å². The number of hydrogen-bond donors (Lipinski definition) is 1. The summed E-state index contributed by atoms with van der Waals surface area (Å²) in [5.41, 5.74) is 0.504. The van der Waals surface area contributed by atoms with Crippen molar-refractivity contribution in [3.05, 3.63) is 29.6 Å². The van der Waals surface area contributed by atoms with Gasteiger partial charge < -0.3 is 19.9 Å². The minimum Gasteiger partial charge on any atom is -0.496 e. The number of hydrogen-bond acceptors (Lipinski definition) is 4. The fourth-order valence-electron chi connectivity index (χ4n) is 3.36. The van der Waals surface area contributed by atoms with Crippen molar-refractivity contribution in [2.24, 2.45) is 0 Å². The highest BCUT2D eigenvalue weighted by atomic mass is 19.1. The summed E-state index contributed by atoms with van der Waals surface area (Å²) in [4.78, 5) is 39.5. The molecule has 1 aromatic rings. The van der Waals surface area contributed by atoms with Gasteiger partial charge in [0.1, 0.15) is 17.6 Å². The summed E-state index contributed by atoms with van der Waals surface area (Å²) < 4.78 is 18.6. The van der Waals surface area contributed by atoms with Crippen molar-refractivity contribution in [1.29, 1.82) is 0 Å². The second-order valence-corrected chi connectivity index (χ2v) is 6.50. The van der Waals surface area contributed by atoms with Gasteiger partial charge >= 0.3 is 0 Å². The molecule has 3 amide bonds.